The number of allylic oxidation sites excluding steroid dienone is 5. The van der Waals surface area contributed by atoms with Crippen LogP contribution in [0.5, 0.6) is 0 Å². The van der Waals surface area contributed by atoms with E-state index in [4.69, 9.17) is 9.47 Å². The molecule has 2 rings (SSSR count). The third kappa shape index (κ3) is 4.69. The molecule has 0 spiro atoms. The maximum Gasteiger partial charge on any atom is 0.338 e. The normalized spacial score (nSPS) is 22.2. The van der Waals surface area contributed by atoms with Crippen molar-refractivity contribution in [1.82, 2.24) is 0 Å². The predicted octanol–water partition coefficient (Wildman–Crippen LogP) is 3.94. The van der Waals surface area contributed by atoms with Gasteiger partial charge in [-0.3, -0.25) is 0 Å². The number of carbonyl (C=O) groups is 2. The first-order valence-electron chi connectivity index (χ1n) is 7.87. The molecule has 0 aromatic carbocycles. The minimum absolute atomic E-state index is 0.228. The third-order valence-corrected chi connectivity index (χ3v) is 3.75. The van der Waals surface area contributed by atoms with Crippen LogP contribution in [0.1, 0.15) is 26.7 Å². The van der Waals surface area contributed by atoms with Crippen molar-refractivity contribution in [2.24, 2.45) is 5.92 Å². The average Bonchev–Trinajstić information content (AvgIpc) is 2.56. The number of ether oxygens (including phenoxy) is 2. The summed E-state index contributed by atoms with van der Waals surface area (Å²) in [6.07, 6.45) is 12.8. The molecular weight excluding hydrogens is 304 g/mol. The number of hydrogen-bond acceptors (Lipinski definition) is 4. The molecule has 126 valence electrons. The minimum Gasteiger partial charge on any atom is -0.454 e. The van der Waals surface area contributed by atoms with Gasteiger partial charge in [-0.1, -0.05) is 31.4 Å². The lowest BCUT2D eigenvalue weighted by Gasteiger charge is -2.22. The summed E-state index contributed by atoms with van der Waals surface area (Å²) in [5.74, 6) is -0.00603. The maximum atomic E-state index is 11.5. The fourth-order valence-electron chi connectivity index (χ4n) is 2.34. The van der Waals surface area contributed by atoms with Crippen molar-refractivity contribution in [1.29, 1.82) is 0 Å². The van der Waals surface area contributed by atoms with Crippen LogP contribution in [-0.2, 0) is 19.1 Å². The van der Waals surface area contributed by atoms with Gasteiger partial charge in [0.1, 0.15) is 11.9 Å². The summed E-state index contributed by atoms with van der Waals surface area (Å²) in [6, 6.07) is 0. The smallest absolute Gasteiger partial charge is 0.338 e. The molecule has 0 N–H and O–H groups in total. The quantitative estimate of drug-likeness (QED) is 0.567. The molecule has 2 aliphatic carbocycles. The fourth-order valence-corrected chi connectivity index (χ4v) is 2.34. The van der Waals surface area contributed by atoms with E-state index in [2.05, 4.69) is 19.2 Å². The topological polar surface area (TPSA) is 52.6 Å². The summed E-state index contributed by atoms with van der Waals surface area (Å²) in [6.45, 7) is 10.4. The Morgan fingerprint density at radius 2 is 1.71 bits per heavy atom. The SMILES string of the molecule is C=C(C)C(=O)OC1=CCC(C2=CCC(OC(=O)C(=C)C)C=C2)C=C1. The van der Waals surface area contributed by atoms with Gasteiger partial charge in [0.05, 0.1) is 0 Å². The molecule has 2 atom stereocenters. The zero-order valence-corrected chi connectivity index (χ0v) is 14.1. The molecule has 0 heterocycles. The molecule has 0 radical (unpaired) electrons. The van der Waals surface area contributed by atoms with Gasteiger partial charge in [-0.25, -0.2) is 9.59 Å². The predicted molar refractivity (Wildman–Crippen MR) is 92.8 cm³/mol. The lowest BCUT2D eigenvalue weighted by molar-refractivity contribution is -0.142. The molecule has 0 saturated heterocycles. The van der Waals surface area contributed by atoms with Gasteiger partial charge in [-0.15, -0.1) is 0 Å². The summed E-state index contributed by atoms with van der Waals surface area (Å²) in [7, 11) is 0. The second kappa shape index (κ2) is 7.77. The monoisotopic (exact) mass is 326 g/mol. The zero-order chi connectivity index (χ0) is 17.7. The molecule has 2 unspecified atom stereocenters. The highest BCUT2D eigenvalue weighted by Gasteiger charge is 2.19. The van der Waals surface area contributed by atoms with E-state index in [0.29, 0.717) is 23.3 Å². The van der Waals surface area contributed by atoms with Crippen molar-refractivity contribution in [2.75, 3.05) is 0 Å². The molecule has 0 bridgehead atoms. The summed E-state index contributed by atoms with van der Waals surface area (Å²) in [5.41, 5.74) is 1.94. The van der Waals surface area contributed by atoms with Crippen LogP contribution in [0.3, 0.4) is 0 Å². The molecular formula is C20H22O4. The summed E-state index contributed by atoms with van der Waals surface area (Å²) >= 11 is 0. The molecule has 2 aliphatic rings. The van der Waals surface area contributed by atoms with Gasteiger partial charge >= 0.3 is 11.9 Å². The Hall–Kier alpha value is -2.62. The standard InChI is InChI=1S/C20H22O4/c1-13(2)19(21)23-17-9-5-15(6-10-17)16-7-11-18(12-8-16)24-20(22)14(3)4/h5-7,9,11-12,16-17H,1,3,8,10H2,2,4H3. The van der Waals surface area contributed by atoms with Crippen LogP contribution >= 0.6 is 0 Å². The lowest BCUT2D eigenvalue weighted by atomic mass is 9.88. The summed E-state index contributed by atoms with van der Waals surface area (Å²) in [4.78, 5) is 23.0. The van der Waals surface area contributed by atoms with E-state index < -0.39 is 5.97 Å². The number of rotatable bonds is 5. The molecule has 0 saturated carbocycles. The first-order chi connectivity index (χ1) is 11.4. The summed E-state index contributed by atoms with van der Waals surface area (Å²) < 4.78 is 10.5. The Balaban J connectivity index is 1.88. The van der Waals surface area contributed by atoms with Gasteiger partial charge in [-0.05, 0) is 44.1 Å². The van der Waals surface area contributed by atoms with Crippen molar-refractivity contribution >= 4 is 11.9 Å². The first-order valence-corrected chi connectivity index (χ1v) is 7.87. The van der Waals surface area contributed by atoms with Crippen LogP contribution in [0.25, 0.3) is 0 Å². The van der Waals surface area contributed by atoms with E-state index >= 15 is 0 Å². The molecule has 4 heteroatoms. The molecule has 0 amide bonds. The lowest BCUT2D eigenvalue weighted by Crippen LogP contribution is -2.18. The Labute approximate surface area is 142 Å². The van der Waals surface area contributed by atoms with Gasteiger partial charge in [0.2, 0.25) is 0 Å². The van der Waals surface area contributed by atoms with Crippen LogP contribution in [0.2, 0.25) is 0 Å². The van der Waals surface area contributed by atoms with Crippen molar-refractivity contribution < 1.29 is 19.1 Å². The van der Waals surface area contributed by atoms with E-state index in [-0.39, 0.29) is 18.0 Å². The van der Waals surface area contributed by atoms with Gasteiger partial charge < -0.3 is 9.47 Å². The van der Waals surface area contributed by atoms with E-state index in [1.54, 1.807) is 19.9 Å². The Kier molecular flexibility index (Phi) is 5.74. The van der Waals surface area contributed by atoms with E-state index in [0.717, 1.165) is 12.0 Å². The van der Waals surface area contributed by atoms with E-state index in [1.165, 1.54) is 0 Å². The fraction of sp³-hybridized carbons (Fsp3) is 0.300. The van der Waals surface area contributed by atoms with Gasteiger partial charge in [0, 0.05) is 23.5 Å². The molecule has 24 heavy (non-hydrogen) atoms. The number of esters is 2. The molecule has 0 aromatic heterocycles. The second-order valence-electron chi connectivity index (χ2n) is 6.00. The molecule has 0 aromatic rings. The molecule has 0 aliphatic heterocycles. The summed E-state index contributed by atoms with van der Waals surface area (Å²) in [5, 5.41) is 0. The first kappa shape index (κ1) is 17.7. The van der Waals surface area contributed by atoms with Gasteiger partial charge in [0.25, 0.3) is 0 Å². The van der Waals surface area contributed by atoms with E-state index in [9.17, 15) is 9.59 Å². The highest BCUT2D eigenvalue weighted by molar-refractivity contribution is 5.88. The van der Waals surface area contributed by atoms with Crippen LogP contribution in [0, 0.1) is 5.92 Å². The van der Waals surface area contributed by atoms with Gasteiger partial charge in [0.15, 0.2) is 0 Å². The van der Waals surface area contributed by atoms with Crippen molar-refractivity contribution in [3.8, 4) is 0 Å². The Morgan fingerprint density at radius 1 is 1.00 bits per heavy atom. The van der Waals surface area contributed by atoms with Crippen molar-refractivity contribution in [3.63, 3.8) is 0 Å². The van der Waals surface area contributed by atoms with Crippen LogP contribution in [-0.4, -0.2) is 18.0 Å². The zero-order valence-electron chi connectivity index (χ0n) is 14.1. The number of carbonyl (C=O) groups excluding carboxylic acids is 2. The molecule has 4 nitrogen and oxygen atoms in total. The largest absolute Gasteiger partial charge is 0.454 e. The highest BCUT2D eigenvalue weighted by atomic mass is 16.5. The van der Waals surface area contributed by atoms with Crippen molar-refractivity contribution in [3.05, 3.63) is 72.1 Å². The minimum atomic E-state index is -0.414. The van der Waals surface area contributed by atoms with E-state index in [1.807, 2.05) is 24.3 Å². The molecule has 0 fully saturated rings. The Bertz CT molecular complexity index is 688. The third-order valence-electron chi connectivity index (χ3n) is 3.75. The van der Waals surface area contributed by atoms with Gasteiger partial charge in [-0.2, -0.15) is 0 Å². The number of hydrogen-bond donors (Lipinski definition) is 0. The second-order valence-corrected chi connectivity index (χ2v) is 6.00. The van der Waals surface area contributed by atoms with Crippen LogP contribution < -0.4 is 0 Å². The van der Waals surface area contributed by atoms with Crippen molar-refractivity contribution in [2.45, 2.75) is 32.8 Å². The average molecular weight is 326 g/mol. The highest BCUT2D eigenvalue weighted by Crippen LogP contribution is 2.28. The van der Waals surface area contributed by atoms with Crippen LogP contribution in [0.4, 0.5) is 0 Å². The maximum absolute atomic E-state index is 11.5. The Morgan fingerprint density at radius 3 is 2.21 bits per heavy atom. The van der Waals surface area contributed by atoms with Crippen LogP contribution in [0.15, 0.2) is 72.1 Å².